The number of hydrogen-bond acceptors (Lipinski definition) is 3. The van der Waals surface area contributed by atoms with E-state index in [9.17, 15) is 0 Å². The lowest BCUT2D eigenvalue weighted by atomic mass is 10.3. The Labute approximate surface area is 110 Å². The highest BCUT2D eigenvalue weighted by Crippen LogP contribution is 2.19. The van der Waals surface area contributed by atoms with E-state index < -0.39 is 0 Å². The first-order valence-electron chi connectivity index (χ1n) is 6.13. The fraction of sp³-hybridized carbons (Fsp3) is 0.286. The Morgan fingerprint density at radius 3 is 2.78 bits per heavy atom. The van der Waals surface area contributed by atoms with Crippen LogP contribution in [0, 0.1) is 6.92 Å². The lowest BCUT2D eigenvalue weighted by Gasteiger charge is -2.05. The van der Waals surface area contributed by atoms with Crippen molar-refractivity contribution in [1.29, 1.82) is 0 Å². The number of imidazole rings is 1. The van der Waals surface area contributed by atoms with Crippen LogP contribution in [0.25, 0.3) is 11.0 Å². The molecular weight excluding hydrogens is 242 g/mol. The zero-order valence-electron chi connectivity index (χ0n) is 10.6. The fourth-order valence-corrected chi connectivity index (χ4v) is 2.82. The molecule has 2 aromatic heterocycles. The van der Waals surface area contributed by atoms with Gasteiger partial charge in [-0.25, -0.2) is 9.97 Å². The van der Waals surface area contributed by atoms with E-state index in [1.54, 1.807) is 11.3 Å². The summed E-state index contributed by atoms with van der Waals surface area (Å²) < 4.78 is 2.27. The lowest BCUT2D eigenvalue weighted by Crippen LogP contribution is -2.04. The Kier molecular flexibility index (Phi) is 2.88. The molecule has 18 heavy (non-hydrogen) atoms. The number of aromatic nitrogens is 3. The van der Waals surface area contributed by atoms with E-state index in [1.807, 2.05) is 13.0 Å². The van der Waals surface area contributed by atoms with E-state index in [-0.39, 0.29) is 0 Å². The highest BCUT2D eigenvalue weighted by atomic mass is 32.1. The highest BCUT2D eigenvalue weighted by Gasteiger charge is 2.10. The summed E-state index contributed by atoms with van der Waals surface area (Å²) >= 11 is 1.70. The average molecular weight is 257 g/mol. The molecule has 92 valence electrons. The molecular formula is C14H15N3S. The number of nitrogens with zero attached hydrogens (tertiary/aromatic N) is 3. The predicted octanol–water partition coefficient (Wildman–Crippen LogP) is 3.41. The number of benzene rings is 1. The molecule has 0 fully saturated rings. The summed E-state index contributed by atoms with van der Waals surface area (Å²) in [5.41, 5.74) is 3.39. The van der Waals surface area contributed by atoms with E-state index in [4.69, 9.17) is 0 Å². The quantitative estimate of drug-likeness (QED) is 0.720. The van der Waals surface area contributed by atoms with Crippen LogP contribution in [-0.2, 0) is 13.0 Å². The van der Waals surface area contributed by atoms with Gasteiger partial charge in [-0.3, -0.25) is 0 Å². The van der Waals surface area contributed by atoms with Gasteiger partial charge in [-0.15, -0.1) is 11.3 Å². The van der Waals surface area contributed by atoms with E-state index in [2.05, 4.69) is 45.0 Å². The molecule has 0 unspecified atom stereocenters. The summed E-state index contributed by atoms with van der Waals surface area (Å²) in [5, 5.41) is 3.25. The second-order valence-corrected chi connectivity index (χ2v) is 5.38. The first kappa shape index (κ1) is 11.4. The smallest absolute Gasteiger partial charge is 0.109 e. The van der Waals surface area contributed by atoms with Crippen molar-refractivity contribution in [1.82, 2.24) is 14.5 Å². The summed E-state index contributed by atoms with van der Waals surface area (Å²) in [5.74, 6) is 1.13. The molecule has 3 nitrogen and oxygen atoms in total. The minimum atomic E-state index is 0.814. The van der Waals surface area contributed by atoms with E-state index in [0.717, 1.165) is 35.0 Å². The highest BCUT2D eigenvalue weighted by molar-refractivity contribution is 7.09. The van der Waals surface area contributed by atoms with Gasteiger partial charge in [0.25, 0.3) is 0 Å². The molecule has 2 heterocycles. The molecule has 0 atom stereocenters. The molecule has 0 aliphatic rings. The number of aryl methyl sites for hydroxylation is 2. The van der Waals surface area contributed by atoms with Crippen molar-refractivity contribution in [2.45, 2.75) is 26.8 Å². The summed E-state index contributed by atoms with van der Waals surface area (Å²) in [6.07, 6.45) is 0.942. The Bertz CT molecular complexity index is 681. The van der Waals surface area contributed by atoms with Gasteiger partial charge in [-0.2, -0.15) is 0 Å². The van der Waals surface area contributed by atoms with E-state index in [0.29, 0.717) is 0 Å². The zero-order valence-corrected chi connectivity index (χ0v) is 11.4. The zero-order chi connectivity index (χ0) is 12.5. The molecule has 0 aliphatic carbocycles. The SMILES string of the molecule is CCc1nc2ccccc2n1Cc1csc(C)n1. The standard InChI is InChI=1S/C14H15N3S/c1-3-14-16-12-6-4-5-7-13(12)17(14)8-11-9-18-10(2)15-11/h4-7,9H,3,8H2,1-2H3. The Morgan fingerprint density at radius 2 is 2.06 bits per heavy atom. The predicted molar refractivity (Wildman–Crippen MR) is 75.1 cm³/mol. The molecule has 1 aromatic carbocycles. The van der Waals surface area contributed by atoms with Crippen LogP contribution in [-0.4, -0.2) is 14.5 Å². The normalized spacial score (nSPS) is 11.2. The molecule has 0 saturated carbocycles. The molecule has 0 spiro atoms. The van der Waals surface area contributed by atoms with Gasteiger partial charge in [0.05, 0.1) is 28.3 Å². The third-order valence-corrected chi connectivity index (χ3v) is 3.86. The van der Waals surface area contributed by atoms with Gasteiger partial charge < -0.3 is 4.57 Å². The van der Waals surface area contributed by atoms with E-state index >= 15 is 0 Å². The second kappa shape index (κ2) is 4.53. The molecule has 3 aromatic rings. The third-order valence-electron chi connectivity index (χ3n) is 3.04. The van der Waals surface area contributed by atoms with Gasteiger partial charge in [0.15, 0.2) is 0 Å². The van der Waals surface area contributed by atoms with Crippen molar-refractivity contribution in [3.63, 3.8) is 0 Å². The topological polar surface area (TPSA) is 30.7 Å². The minimum absolute atomic E-state index is 0.814. The van der Waals surface area contributed by atoms with Crippen LogP contribution >= 0.6 is 11.3 Å². The van der Waals surface area contributed by atoms with Gasteiger partial charge in [-0.1, -0.05) is 19.1 Å². The Balaban J connectivity index is 2.09. The van der Waals surface area contributed by atoms with Crippen molar-refractivity contribution in [3.05, 3.63) is 46.2 Å². The summed E-state index contributed by atoms with van der Waals surface area (Å²) in [6, 6.07) is 8.29. The van der Waals surface area contributed by atoms with Gasteiger partial charge in [0, 0.05) is 11.8 Å². The van der Waals surface area contributed by atoms with Crippen molar-refractivity contribution < 1.29 is 0 Å². The first-order valence-corrected chi connectivity index (χ1v) is 7.01. The molecule has 0 aliphatic heterocycles. The van der Waals surface area contributed by atoms with Gasteiger partial charge in [-0.05, 0) is 19.1 Å². The molecule has 0 saturated heterocycles. The maximum atomic E-state index is 4.67. The van der Waals surface area contributed by atoms with Gasteiger partial charge >= 0.3 is 0 Å². The van der Waals surface area contributed by atoms with Crippen molar-refractivity contribution in [2.24, 2.45) is 0 Å². The van der Waals surface area contributed by atoms with Crippen LogP contribution in [0.2, 0.25) is 0 Å². The first-order chi connectivity index (χ1) is 8.78. The molecule has 0 amide bonds. The van der Waals surface area contributed by atoms with Crippen LogP contribution in [0.5, 0.6) is 0 Å². The minimum Gasteiger partial charge on any atom is -0.322 e. The molecule has 4 heteroatoms. The van der Waals surface area contributed by atoms with Crippen LogP contribution in [0.15, 0.2) is 29.6 Å². The van der Waals surface area contributed by atoms with Crippen molar-refractivity contribution in [2.75, 3.05) is 0 Å². The summed E-state index contributed by atoms with van der Waals surface area (Å²) in [6.45, 7) is 5.00. The molecule has 3 rings (SSSR count). The average Bonchev–Trinajstić information content (AvgIpc) is 2.94. The third kappa shape index (κ3) is 1.93. The Hall–Kier alpha value is -1.68. The number of rotatable bonds is 3. The van der Waals surface area contributed by atoms with Crippen molar-refractivity contribution in [3.8, 4) is 0 Å². The number of thiazole rings is 1. The van der Waals surface area contributed by atoms with Crippen LogP contribution in [0.1, 0.15) is 23.4 Å². The lowest BCUT2D eigenvalue weighted by molar-refractivity contribution is 0.739. The van der Waals surface area contributed by atoms with Crippen LogP contribution in [0.4, 0.5) is 0 Å². The second-order valence-electron chi connectivity index (χ2n) is 4.31. The molecule has 0 radical (unpaired) electrons. The van der Waals surface area contributed by atoms with Crippen LogP contribution in [0.3, 0.4) is 0 Å². The van der Waals surface area contributed by atoms with Gasteiger partial charge in [0.1, 0.15) is 5.82 Å². The molecule has 0 N–H and O–H groups in total. The summed E-state index contributed by atoms with van der Waals surface area (Å²) in [7, 11) is 0. The molecule has 0 bridgehead atoms. The largest absolute Gasteiger partial charge is 0.322 e. The summed E-state index contributed by atoms with van der Waals surface area (Å²) in [4.78, 5) is 9.21. The van der Waals surface area contributed by atoms with E-state index in [1.165, 1.54) is 5.52 Å². The monoisotopic (exact) mass is 257 g/mol. The Morgan fingerprint density at radius 1 is 1.22 bits per heavy atom. The number of fused-ring (bicyclic) bond motifs is 1. The number of hydrogen-bond donors (Lipinski definition) is 0. The fourth-order valence-electron chi connectivity index (χ4n) is 2.21. The van der Waals surface area contributed by atoms with Gasteiger partial charge in [0.2, 0.25) is 0 Å². The van der Waals surface area contributed by atoms with Crippen LogP contribution < -0.4 is 0 Å². The maximum Gasteiger partial charge on any atom is 0.109 e. The maximum absolute atomic E-state index is 4.67. The van der Waals surface area contributed by atoms with Crippen molar-refractivity contribution >= 4 is 22.4 Å². The number of para-hydroxylation sites is 2.